The van der Waals surface area contributed by atoms with Crippen molar-refractivity contribution in [3.05, 3.63) is 60.2 Å². The fourth-order valence-corrected chi connectivity index (χ4v) is 3.49. The van der Waals surface area contributed by atoms with Crippen LogP contribution in [0.25, 0.3) is 0 Å². The van der Waals surface area contributed by atoms with Gasteiger partial charge in [0, 0.05) is 11.8 Å². The number of carbonyl (C=O) groups excluding carboxylic acids is 3. The van der Waals surface area contributed by atoms with Gasteiger partial charge in [0.2, 0.25) is 11.8 Å². The molecule has 7 heteroatoms. The lowest BCUT2D eigenvalue weighted by atomic mass is 9.91. The van der Waals surface area contributed by atoms with Crippen LogP contribution in [0.5, 0.6) is 5.75 Å². The van der Waals surface area contributed by atoms with E-state index < -0.39 is 0 Å². The highest BCUT2D eigenvalue weighted by atomic mass is 16.6. The first-order valence-corrected chi connectivity index (χ1v) is 13.4. The quantitative estimate of drug-likeness (QED) is 0.266. The molecule has 0 aromatic heterocycles. The van der Waals surface area contributed by atoms with Crippen molar-refractivity contribution in [2.24, 2.45) is 17.3 Å². The van der Waals surface area contributed by atoms with E-state index in [2.05, 4.69) is 44.2 Å². The van der Waals surface area contributed by atoms with Gasteiger partial charge in [0.25, 0.3) is 0 Å². The molecule has 7 nitrogen and oxygen atoms in total. The molecule has 2 heterocycles. The molecule has 0 spiro atoms. The van der Waals surface area contributed by atoms with Crippen molar-refractivity contribution in [2.45, 2.75) is 73.3 Å². The lowest BCUT2D eigenvalue weighted by molar-refractivity contribution is -0.154. The topological polar surface area (TPSA) is 96.4 Å². The third kappa shape index (κ3) is 8.69. The lowest BCUT2D eigenvalue weighted by Gasteiger charge is -2.19. The van der Waals surface area contributed by atoms with Crippen LogP contribution < -0.4 is 4.90 Å². The van der Waals surface area contributed by atoms with Crippen molar-refractivity contribution in [1.29, 1.82) is 0 Å². The summed E-state index contributed by atoms with van der Waals surface area (Å²) < 4.78 is 9.99. The predicted octanol–water partition coefficient (Wildman–Crippen LogP) is 6.10. The number of rotatable bonds is 7. The molecule has 0 aliphatic carbocycles. The summed E-state index contributed by atoms with van der Waals surface area (Å²) >= 11 is 0. The minimum absolute atomic E-state index is 0.115. The van der Waals surface area contributed by atoms with Crippen LogP contribution in [0, 0.1) is 17.3 Å². The number of hydrogen-bond donors (Lipinski definition) is 1. The molecule has 2 aromatic carbocycles. The highest BCUT2D eigenvalue weighted by molar-refractivity contribution is 6.21. The van der Waals surface area contributed by atoms with Gasteiger partial charge in [-0.3, -0.25) is 19.3 Å². The zero-order valence-electron chi connectivity index (χ0n) is 23.8. The summed E-state index contributed by atoms with van der Waals surface area (Å²) in [6, 6.07) is 16.7. The third-order valence-corrected chi connectivity index (χ3v) is 7.30. The fourth-order valence-electron chi connectivity index (χ4n) is 3.49. The van der Waals surface area contributed by atoms with Crippen LogP contribution in [-0.2, 0) is 23.9 Å². The van der Waals surface area contributed by atoms with Crippen LogP contribution in [0.15, 0.2) is 54.6 Å². The van der Waals surface area contributed by atoms with Crippen molar-refractivity contribution >= 4 is 23.5 Å². The van der Waals surface area contributed by atoms with Crippen LogP contribution in [0.3, 0.4) is 0 Å². The number of imide groups is 1. The second-order valence-corrected chi connectivity index (χ2v) is 10.6. The number of phenols is 1. The maximum Gasteiger partial charge on any atom is 0.311 e. The van der Waals surface area contributed by atoms with E-state index in [1.54, 1.807) is 26.0 Å². The van der Waals surface area contributed by atoms with Gasteiger partial charge in [-0.2, -0.15) is 0 Å². The molecular weight excluding hydrogens is 482 g/mol. The van der Waals surface area contributed by atoms with Crippen molar-refractivity contribution in [2.75, 3.05) is 18.1 Å². The maximum absolute atomic E-state index is 11.9. The molecule has 208 valence electrons. The minimum atomic E-state index is -0.352. The molecule has 2 aliphatic heterocycles. The average molecular weight is 526 g/mol. The molecule has 0 saturated carbocycles. The Morgan fingerprint density at radius 3 is 2.00 bits per heavy atom. The van der Waals surface area contributed by atoms with E-state index in [4.69, 9.17) is 14.6 Å². The van der Waals surface area contributed by atoms with E-state index in [0.29, 0.717) is 18.2 Å². The Hall–Kier alpha value is -3.19. The van der Waals surface area contributed by atoms with Gasteiger partial charge in [-0.05, 0) is 62.4 Å². The first-order chi connectivity index (χ1) is 17.9. The van der Waals surface area contributed by atoms with Crippen LogP contribution in [0.4, 0.5) is 5.69 Å². The molecule has 4 rings (SSSR count). The van der Waals surface area contributed by atoms with Crippen LogP contribution in [-0.4, -0.2) is 42.2 Å². The number of epoxide rings is 1. The second kappa shape index (κ2) is 14.1. The number of nitrogens with zero attached hydrogens (tertiary/aromatic N) is 1. The monoisotopic (exact) mass is 525 g/mol. The number of amides is 2. The highest BCUT2D eigenvalue weighted by Gasteiger charge is 2.42. The molecule has 0 radical (unpaired) electrons. The molecule has 1 N–H and O–H groups in total. The van der Waals surface area contributed by atoms with Crippen molar-refractivity contribution < 1.29 is 29.0 Å². The molecule has 2 aliphatic rings. The Balaban J connectivity index is 0.000000207. The van der Waals surface area contributed by atoms with Gasteiger partial charge in [-0.25, -0.2) is 0 Å². The van der Waals surface area contributed by atoms with Crippen molar-refractivity contribution in [1.82, 2.24) is 0 Å². The number of hydrogen-bond acceptors (Lipinski definition) is 6. The van der Waals surface area contributed by atoms with Gasteiger partial charge < -0.3 is 14.6 Å². The Morgan fingerprint density at radius 2 is 1.55 bits per heavy atom. The van der Waals surface area contributed by atoms with Gasteiger partial charge in [-0.15, -0.1) is 0 Å². The highest BCUT2D eigenvalue weighted by Crippen LogP contribution is 2.31. The molecule has 4 unspecified atom stereocenters. The van der Waals surface area contributed by atoms with Gasteiger partial charge in [-0.1, -0.05) is 65.0 Å². The summed E-state index contributed by atoms with van der Waals surface area (Å²) in [6.07, 6.45) is 2.20. The summed E-state index contributed by atoms with van der Waals surface area (Å²) in [7, 11) is 0. The Kier molecular flexibility index (Phi) is 11.5. The van der Waals surface area contributed by atoms with E-state index >= 15 is 0 Å². The largest absolute Gasteiger partial charge is 0.508 e. The van der Waals surface area contributed by atoms with E-state index in [-0.39, 0.29) is 46.9 Å². The first-order valence-electron chi connectivity index (χ1n) is 13.4. The summed E-state index contributed by atoms with van der Waals surface area (Å²) in [6.45, 7) is 14.9. The molecule has 2 fully saturated rings. The number of phenolic OH excluding ortho intramolecular Hbond substituents is 1. The lowest BCUT2D eigenvalue weighted by Crippen LogP contribution is -2.30. The Labute approximate surface area is 227 Å². The molecule has 2 amide bonds. The number of carbonyl (C=O) groups is 3. The summed E-state index contributed by atoms with van der Waals surface area (Å²) in [4.78, 5) is 36.2. The van der Waals surface area contributed by atoms with Gasteiger partial charge in [0.15, 0.2) is 0 Å². The van der Waals surface area contributed by atoms with Gasteiger partial charge in [0.05, 0.1) is 17.7 Å². The Bertz CT molecular complexity index is 1030. The van der Waals surface area contributed by atoms with Crippen LogP contribution in [0.1, 0.15) is 72.8 Å². The number of anilines is 1. The van der Waals surface area contributed by atoms with Gasteiger partial charge in [0.1, 0.15) is 18.5 Å². The van der Waals surface area contributed by atoms with Crippen LogP contribution in [0.2, 0.25) is 0 Å². The van der Waals surface area contributed by atoms with E-state index in [1.165, 1.54) is 29.0 Å². The molecule has 0 bridgehead atoms. The smallest absolute Gasteiger partial charge is 0.311 e. The normalized spacial score (nSPS) is 21.0. The standard InChI is InChI=1S/C12H13NO3.C10H14.C9H16O3/c1-7-8(2)12(16)13(11(7)15)9-3-5-10(14)6-4-9;1-3-9(2)10-7-5-4-6-8-10;1-4-9(2,3)8(10)12-6-7-5-11-7/h3-8,14H,1-2H3;4-9H,3H2,1-2H3;7H,4-6H2,1-3H3. The minimum Gasteiger partial charge on any atom is -0.508 e. The molecule has 2 aromatic rings. The van der Waals surface area contributed by atoms with Crippen LogP contribution >= 0.6 is 0 Å². The SMILES string of the molecule is CC1C(=O)N(c2ccc(O)cc2)C(=O)C1C.CCC(C)(C)C(=O)OCC1CO1.CCC(C)c1ccccc1. The summed E-state index contributed by atoms with van der Waals surface area (Å²) in [5.41, 5.74) is 1.61. The second-order valence-electron chi connectivity index (χ2n) is 10.6. The molecular formula is C31H43NO6. The number of esters is 1. The van der Waals surface area contributed by atoms with E-state index in [0.717, 1.165) is 13.0 Å². The molecule has 2 saturated heterocycles. The van der Waals surface area contributed by atoms with E-state index in [1.807, 2.05) is 20.8 Å². The zero-order chi connectivity index (χ0) is 28.5. The first kappa shape index (κ1) is 31.0. The number of benzene rings is 2. The van der Waals surface area contributed by atoms with Crippen molar-refractivity contribution in [3.8, 4) is 5.75 Å². The average Bonchev–Trinajstić information content (AvgIpc) is 3.74. The third-order valence-electron chi connectivity index (χ3n) is 7.30. The van der Waals surface area contributed by atoms with Gasteiger partial charge >= 0.3 is 5.97 Å². The Morgan fingerprint density at radius 1 is 1.03 bits per heavy atom. The molecule has 4 atom stereocenters. The predicted molar refractivity (Wildman–Crippen MR) is 149 cm³/mol. The summed E-state index contributed by atoms with van der Waals surface area (Å²) in [5, 5.41) is 9.15. The maximum atomic E-state index is 11.9. The number of ether oxygens (including phenoxy) is 2. The fraction of sp³-hybridized carbons (Fsp3) is 0.516. The zero-order valence-corrected chi connectivity index (χ0v) is 23.8. The van der Waals surface area contributed by atoms with Crippen molar-refractivity contribution in [3.63, 3.8) is 0 Å². The molecule has 38 heavy (non-hydrogen) atoms. The number of aromatic hydroxyl groups is 1. The summed E-state index contributed by atoms with van der Waals surface area (Å²) in [5.74, 6) is -0.209. The van der Waals surface area contributed by atoms with E-state index in [9.17, 15) is 14.4 Å².